The number of amides is 1. The van der Waals surface area contributed by atoms with Gasteiger partial charge in [0.05, 0.1) is 23.3 Å². The Balaban J connectivity index is 2.01. The number of guanidine groups is 1. The maximum absolute atomic E-state index is 12.1. The molecule has 0 unspecified atom stereocenters. The molecule has 1 amide bonds. The number of aromatic nitrogens is 2. The van der Waals surface area contributed by atoms with Gasteiger partial charge < -0.3 is 5.32 Å². The normalized spacial score (nSPS) is 21.5. The first kappa shape index (κ1) is 15.3. The van der Waals surface area contributed by atoms with Crippen molar-refractivity contribution in [2.75, 3.05) is 7.05 Å². The topological polar surface area (TPSA) is 74.0 Å². The van der Waals surface area contributed by atoms with Gasteiger partial charge in [0.2, 0.25) is 5.91 Å². The Bertz CT molecular complexity index is 774. The molecule has 6 nitrogen and oxygen atoms in total. The van der Waals surface area contributed by atoms with E-state index in [2.05, 4.69) is 16.5 Å². The van der Waals surface area contributed by atoms with E-state index in [0.717, 1.165) is 17.0 Å². The van der Waals surface area contributed by atoms with Gasteiger partial charge in [-0.25, -0.2) is 0 Å². The van der Waals surface area contributed by atoms with Crippen molar-refractivity contribution in [3.63, 3.8) is 0 Å². The van der Waals surface area contributed by atoms with E-state index in [4.69, 9.17) is 5.41 Å². The van der Waals surface area contributed by atoms with Crippen molar-refractivity contribution in [3.05, 3.63) is 41.6 Å². The van der Waals surface area contributed by atoms with Gasteiger partial charge in [-0.15, -0.1) is 0 Å². The van der Waals surface area contributed by atoms with Crippen molar-refractivity contribution in [1.29, 1.82) is 5.41 Å². The van der Waals surface area contributed by atoms with Crippen LogP contribution in [-0.2, 0) is 17.4 Å². The van der Waals surface area contributed by atoms with E-state index < -0.39 is 5.54 Å². The molecule has 0 spiro atoms. The van der Waals surface area contributed by atoms with Crippen LogP contribution in [0.15, 0.2) is 30.3 Å². The fourth-order valence-corrected chi connectivity index (χ4v) is 3.02. The molecule has 3 rings (SSSR count). The summed E-state index contributed by atoms with van der Waals surface area (Å²) in [5, 5.41) is 15.7. The zero-order chi connectivity index (χ0) is 16.8. The molecule has 23 heavy (non-hydrogen) atoms. The largest absolute Gasteiger partial charge is 0.345 e. The molecule has 1 fully saturated rings. The molecule has 0 radical (unpaired) electrons. The lowest BCUT2D eigenvalue weighted by Gasteiger charge is -2.39. The molecular weight excluding hydrogens is 290 g/mol. The Labute approximate surface area is 135 Å². The smallest absolute Gasteiger partial charge is 0.231 e. The number of carbonyl (C=O) groups is 1. The molecule has 1 aromatic carbocycles. The predicted octanol–water partition coefficient (Wildman–Crippen LogP) is 2.00. The highest BCUT2D eigenvalue weighted by Gasteiger charge is 2.40. The fourth-order valence-electron chi connectivity index (χ4n) is 3.02. The lowest BCUT2D eigenvalue weighted by atomic mass is 9.90. The maximum Gasteiger partial charge on any atom is 0.231 e. The van der Waals surface area contributed by atoms with E-state index in [1.54, 1.807) is 11.7 Å². The third-order valence-corrected chi connectivity index (χ3v) is 4.37. The van der Waals surface area contributed by atoms with Gasteiger partial charge in [0, 0.05) is 19.7 Å². The standard InChI is InChI=1S/C17H21N5O/c1-11-6-5-7-12(8-11)13-9-14(22(4)20-13)17(2)10-15(23)21(3)16(18)19-17/h5-9H,10H2,1-4H3,(H2,18,19)/t17-/m0/s1. The van der Waals surface area contributed by atoms with Gasteiger partial charge >= 0.3 is 0 Å². The van der Waals surface area contributed by atoms with Crippen LogP contribution in [0.4, 0.5) is 0 Å². The molecular formula is C17H21N5O. The number of hydrogen-bond acceptors (Lipinski definition) is 3. The van der Waals surface area contributed by atoms with Crippen LogP contribution in [0, 0.1) is 12.3 Å². The minimum atomic E-state index is -0.634. The number of nitrogens with zero attached hydrogens (tertiary/aromatic N) is 3. The predicted molar refractivity (Wildman–Crippen MR) is 89.0 cm³/mol. The molecule has 1 atom stereocenters. The first-order valence-electron chi connectivity index (χ1n) is 7.55. The third kappa shape index (κ3) is 2.60. The molecule has 2 heterocycles. The fraction of sp³-hybridized carbons (Fsp3) is 0.353. The number of nitrogens with one attached hydrogen (secondary N) is 2. The monoisotopic (exact) mass is 311 g/mol. The lowest BCUT2D eigenvalue weighted by molar-refractivity contribution is -0.129. The second-order valence-corrected chi connectivity index (χ2v) is 6.34. The summed E-state index contributed by atoms with van der Waals surface area (Å²) in [6, 6.07) is 10.2. The van der Waals surface area contributed by atoms with E-state index in [0.29, 0.717) is 6.42 Å². The van der Waals surface area contributed by atoms with Gasteiger partial charge in [-0.3, -0.25) is 19.8 Å². The second-order valence-electron chi connectivity index (χ2n) is 6.34. The number of hydrogen-bond donors (Lipinski definition) is 2. The molecule has 0 bridgehead atoms. The Morgan fingerprint density at radius 1 is 1.30 bits per heavy atom. The van der Waals surface area contributed by atoms with Crippen molar-refractivity contribution < 1.29 is 4.79 Å². The molecule has 2 aromatic rings. The number of carbonyl (C=O) groups excluding carboxylic acids is 1. The highest BCUT2D eigenvalue weighted by Crippen LogP contribution is 2.31. The summed E-state index contributed by atoms with van der Waals surface area (Å²) in [5.41, 5.74) is 3.34. The van der Waals surface area contributed by atoms with Crippen LogP contribution < -0.4 is 5.32 Å². The summed E-state index contributed by atoms with van der Waals surface area (Å²) < 4.78 is 1.79. The van der Waals surface area contributed by atoms with Crippen LogP contribution in [0.1, 0.15) is 24.6 Å². The Morgan fingerprint density at radius 3 is 2.70 bits per heavy atom. The lowest BCUT2D eigenvalue weighted by Crippen LogP contribution is -2.58. The maximum atomic E-state index is 12.1. The average Bonchev–Trinajstić information content (AvgIpc) is 2.88. The molecule has 1 aliphatic rings. The Kier molecular flexibility index (Phi) is 3.47. The van der Waals surface area contributed by atoms with Crippen LogP contribution >= 0.6 is 0 Å². The van der Waals surface area contributed by atoms with Gasteiger partial charge in [-0.1, -0.05) is 23.8 Å². The molecule has 6 heteroatoms. The molecule has 1 aromatic heterocycles. The van der Waals surface area contributed by atoms with E-state index in [9.17, 15) is 4.79 Å². The van der Waals surface area contributed by atoms with Crippen molar-refractivity contribution in [3.8, 4) is 11.3 Å². The van der Waals surface area contributed by atoms with Gasteiger partial charge in [-0.2, -0.15) is 5.10 Å². The van der Waals surface area contributed by atoms with Crippen LogP contribution in [0.2, 0.25) is 0 Å². The van der Waals surface area contributed by atoms with Crippen molar-refractivity contribution in [2.24, 2.45) is 7.05 Å². The summed E-state index contributed by atoms with van der Waals surface area (Å²) in [6.07, 6.45) is 0.290. The first-order valence-corrected chi connectivity index (χ1v) is 7.55. The van der Waals surface area contributed by atoms with Gasteiger partial charge in [-0.05, 0) is 26.0 Å². The molecule has 1 aliphatic heterocycles. The zero-order valence-corrected chi connectivity index (χ0v) is 13.8. The van der Waals surface area contributed by atoms with Crippen LogP contribution in [0.3, 0.4) is 0 Å². The van der Waals surface area contributed by atoms with Crippen LogP contribution in [0.25, 0.3) is 11.3 Å². The molecule has 120 valence electrons. The van der Waals surface area contributed by atoms with Crippen LogP contribution in [0.5, 0.6) is 0 Å². The highest BCUT2D eigenvalue weighted by molar-refractivity contribution is 5.98. The first-order chi connectivity index (χ1) is 10.8. The quantitative estimate of drug-likeness (QED) is 0.891. The summed E-state index contributed by atoms with van der Waals surface area (Å²) in [7, 11) is 3.48. The van der Waals surface area contributed by atoms with Gasteiger partial charge in [0.15, 0.2) is 5.96 Å². The molecule has 0 aliphatic carbocycles. The van der Waals surface area contributed by atoms with E-state index in [-0.39, 0.29) is 11.9 Å². The van der Waals surface area contributed by atoms with Crippen molar-refractivity contribution >= 4 is 11.9 Å². The Morgan fingerprint density at radius 2 is 2.04 bits per heavy atom. The SMILES string of the molecule is Cc1cccc(-c2cc([C@]3(C)CC(=O)N(C)C(=N)N3)n(C)n2)c1. The average molecular weight is 311 g/mol. The molecule has 0 saturated carbocycles. The minimum Gasteiger partial charge on any atom is -0.345 e. The summed E-state index contributed by atoms with van der Waals surface area (Å²) >= 11 is 0. The number of aryl methyl sites for hydroxylation is 2. The van der Waals surface area contributed by atoms with E-state index in [1.807, 2.05) is 45.2 Å². The van der Waals surface area contributed by atoms with Crippen molar-refractivity contribution in [1.82, 2.24) is 20.0 Å². The van der Waals surface area contributed by atoms with E-state index in [1.165, 1.54) is 10.5 Å². The summed E-state index contributed by atoms with van der Waals surface area (Å²) in [5.74, 6) is 0.0385. The summed E-state index contributed by atoms with van der Waals surface area (Å²) in [6.45, 7) is 3.98. The van der Waals surface area contributed by atoms with Crippen LogP contribution in [-0.4, -0.2) is 33.6 Å². The highest BCUT2D eigenvalue weighted by atomic mass is 16.2. The molecule has 2 N–H and O–H groups in total. The second kappa shape index (κ2) is 5.22. The molecule has 1 saturated heterocycles. The van der Waals surface area contributed by atoms with E-state index >= 15 is 0 Å². The van der Waals surface area contributed by atoms with Crippen molar-refractivity contribution in [2.45, 2.75) is 25.8 Å². The Hall–Kier alpha value is -2.63. The van der Waals surface area contributed by atoms with Gasteiger partial charge in [0.1, 0.15) is 0 Å². The third-order valence-electron chi connectivity index (χ3n) is 4.37. The number of benzene rings is 1. The summed E-state index contributed by atoms with van der Waals surface area (Å²) in [4.78, 5) is 13.5. The van der Waals surface area contributed by atoms with Gasteiger partial charge in [0.25, 0.3) is 0 Å². The number of rotatable bonds is 2. The zero-order valence-electron chi connectivity index (χ0n) is 13.8. The minimum absolute atomic E-state index is 0.0745.